The molecule has 34 heavy (non-hydrogen) atoms. The second kappa shape index (κ2) is 8.79. The van der Waals surface area contributed by atoms with E-state index in [2.05, 4.69) is 56.3 Å². The highest BCUT2D eigenvalue weighted by Crippen LogP contribution is 2.37. The van der Waals surface area contributed by atoms with E-state index < -0.39 is 0 Å². The third-order valence-electron chi connectivity index (χ3n) is 6.08. The van der Waals surface area contributed by atoms with Gasteiger partial charge in [-0.1, -0.05) is 18.2 Å². The van der Waals surface area contributed by atoms with E-state index in [0.717, 1.165) is 59.0 Å². The lowest BCUT2D eigenvalue weighted by atomic mass is 10.1. The Morgan fingerprint density at radius 2 is 2.15 bits per heavy atom. The Morgan fingerprint density at radius 3 is 2.97 bits per heavy atom. The molecule has 0 bridgehead atoms. The molecule has 0 aliphatic heterocycles. The molecule has 1 aliphatic carbocycles. The lowest BCUT2D eigenvalue weighted by Crippen LogP contribution is -2.24. The summed E-state index contributed by atoms with van der Waals surface area (Å²) in [5.41, 5.74) is 9.77. The monoisotopic (exact) mass is 473 g/mol. The molecule has 3 N–H and O–H groups in total. The Balaban J connectivity index is 1.35. The molecule has 0 spiro atoms. The molecule has 174 valence electrons. The maximum absolute atomic E-state index is 5.71. The molecule has 0 amide bonds. The molecule has 1 saturated carbocycles. The Bertz CT molecular complexity index is 1420. The van der Waals surface area contributed by atoms with E-state index in [1.54, 1.807) is 11.3 Å². The van der Waals surface area contributed by atoms with E-state index in [9.17, 15) is 0 Å². The number of rotatable bonds is 9. The fourth-order valence-electron chi connectivity index (χ4n) is 4.23. The molecule has 4 aromatic heterocycles. The van der Waals surface area contributed by atoms with Crippen molar-refractivity contribution in [1.82, 2.24) is 34.0 Å². The number of fused-ring (bicyclic) bond motifs is 2. The number of hydrogen-bond acceptors (Lipinski definition) is 8. The molecule has 5 aromatic rings. The first-order valence-corrected chi connectivity index (χ1v) is 12.4. The first-order chi connectivity index (χ1) is 16.7. The molecule has 1 aromatic carbocycles. The summed E-state index contributed by atoms with van der Waals surface area (Å²) >= 11 is 1.63. The molecule has 0 unspecified atom stereocenters. The zero-order valence-corrected chi connectivity index (χ0v) is 19.9. The van der Waals surface area contributed by atoms with Crippen molar-refractivity contribution in [2.24, 2.45) is 5.73 Å². The summed E-state index contributed by atoms with van der Waals surface area (Å²) in [6, 6.07) is 8.87. The SMILES string of the molecule is CN(CCN)Cc1cccc(-c2nc(NCc3cn4ccsc4n3)c3cnn(C4CC4)c3n2)c1. The van der Waals surface area contributed by atoms with Gasteiger partial charge in [-0.15, -0.1) is 11.3 Å². The Morgan fingerprint density at radius 1 is 1.24 bits per heavy atom. The molecule has 0 atom stereocenters. The highest BCUT2D eigenvalue weighted by atomic mass is 32.1. The third kappa shape index (κ3) is 4.15. The number of nitrogens with zero attached hydrogens (tertiary/aromatic N) is 7. The van der Waals surface area contributed by atoms with Crippen LogP contribution in [0.3, 0.4) is 0 Å². The van der Waals surface area contributed by atoms with E-state index in [4.69, 9.17) is 15.7 Å². The van der Waals surface area contributed by atoms with Crippen LogP contribution in [0.5, 0.6) is 0 Å². The molecular weight excluding hydrogens is 446 g/mol. The number of likely N-dealkylation sites (N-methyl/N-ethyl adjacent to an activating group) is 1. The largest absolute Gasteiger partial charge is 0.364 e. The minimum Gasteiger partial charge on any atom is -0.364 e. The number of hydrogen-bond donors (Lipinski definition) is 2. The van der Waals surface area contributed by atoms with Crippen LogP contribution in [0.2, 0.25) is 0 Å². The average Bonchev–Trinajstić information content (AvgIpc) is 3.24. The number of thiazole rings is 1. The van der Waals surface area contributed by atoms with Gasteiger partial charge in [0.1, 0.15) is 5.82 Å². The van der Waals surface area contributed by atoms with Gasteiger partial charge in [0.05, 0.1) is 29.9 Å². The minimum absolute atomic E-state index is 0.435. The number of aromatic nitrogens is 6. The van der Waals surface area contributed by atoms with Crippen LogP contribution >= 0.6 is 11.3 Å². The van der Waals surface area contributed by atoms with E-state index in [1.165, 1.54) is 5.56 Å². The van der Waals surface area contributed by atoms with Crippen molar-refractivity contribution in [1.29, 1.82) is 0 Å². The van der Waals surface area contributed by atoms with Gasteiger partial charge in [0.15, 0.2) is 16.4 Å². The third-order valence-corrected chi connectivity index (χ3v) is 6.85. The summed E-state index contributed by atoms with van der Waals surface area (Å²) in [4.78, 5) is 17.8. The van der Waals surface area contributed by atoms with Crippen LogP contribution in [0, 0.1) is 0 Å². The Hall–Kier alpha value is -3.34. The van der Waals surface area contributed by atoms with E-state index in [0.29, 0.717) is 25.0 Å². The second-order valence-corrected chi connectivity index (χ2v) is 9.73. The maximum Gasteiger partial charge on any atom is 0.193 e. The van der Waals surface area contributed by atoms with Crippen LogP contribution in [-0.2, 0) is 13.1 Å². The molecule has 0 radical (unpaired) electrons. The van der Waals surface area contributed by atoms with Crippen LogP contribution in [0.25, 0.3) is 27.4 Å². The molecule has 4 heterocycles. The van der Waals surface area contributed by atoms with Gasteiger partial charge in [-0.05, 0) is 31.5 Å². The summed E-state index contributed by atoms with van der Waals surface area (Å²) in [6.07, 6.45) is 8.24. The van der Waals surface area contributed by atoms with Crippen molar-refractivity contribution < 1.29 is 0 Å². The molecule has 6 rings (SSSR count). The minimum atomic E-state index is 0.435. The molecular formula is C24H27N9S. The van der Waals surface area contributed by atoms with Gasteiger partial charge in [-0.25, -0.2) is 19.6 Å². The molecule has 1 fully saturated rings. The molecule has 10 heteroatoms. The zero-order chi connectivity index (χ0) is 23.1. The van der Waals surface area contributed by atoms with Gasteiger partial charge in [-0.2, -0.15) is 5.10 Å². The summed E-state index contributed by atoms with van der Waals surface area (Å²) in [5.74, 6) is 1.49. The van der Waals surface area contributed by atoms with Gasteiger partial charge in [0.2, 0.25) is 0 Å². The van der Waals surface area contributed by atoms with Crippen LogP contribution < -0.4 is 11.1 Å². The number of nitrogens with one attached hydrogen (secondary N) is 1. The van der Waals surface area contributed by atoms with E-state index >= 15 is 0 Å². The molecule has 9 nitrogen and oxygen atoms in total. The van der Waals surface area contributed by atoms with Crippen LogP contribution in [-0.4, -0.2) is 54.2 Å². The summed E-state index contributed by atoms with van der Waals surface area (Å²) in [5, 5.41) is 11.1. The lowest BCUT2D eigenvalue weighted by Gasteiger charge is -2.16. The fourth-order valence-corrected chi connectivity index (χ4v) is 4.95. The van der Waals surface area contributed by atoms with Crippen molar-refractivity contribution in [3.8, 4) is 11.4 Å². The first-order valence-electron chi connectivity index (χ1n) is 11.6. The smallest absolute Gasteiger partial charge is 0.193 e. The van der Waals surface area contributed by atoms with Gasteiger partial charge >= 0.3 is 0 Å². The average molecular weight is 474 g/mol. The van der Waals surface area contributed by atoms with Crippen molar-refractivity contribution in [3.05, 3.63) is 59.5 Å². The van der Waals surface area contributed by atoms with Gasteiger partial charge in [-0.3, -0.25) is 4.40 Å². The molecule has 1 aliphatic rings. The predicted molar refractivity (Wildman–Crippen MR) is 135 cm³/mol. The number of benzene rings is 1. The van der Waals surface area contributed by atoms with Crippen molar-refractivity contribution >= 4 is 33.1 Å². The van der Waals surface area contributed by atoms with Gasteiger partial charge in [0, 0.05) is 43.0 Å². The summed E-state index contributed by atoms with van der Waals surface area (Å²) in [6.45, 7) is 2.91. The van der Waals surface area contributed by atoms with E-state index in [1.807, 2.05) is 28.4 Å². The fraction of sp³-hybridized carbons (Fsp3) is 0.333. The topological polar surface area (TPSA) is 102 Å². The summed E-state index contributed by atoms with van der Waals surface area (Å²) in [7, 11) is 2.08. The standard InChI is InChI=1S/C24H27N9S/c1-31(8-7-25)14-16-3-2-4-17(11-16)21-29-22(20-13-27-33(19-5-6-19)23(20)30-21)26-12-18-15-32-9-10-34-24(32)28-18/h2-4,9-11,13,15,19H,5-8,12,14,25H2,1H3,(H,26,29,30). The first kappa shape index (κ1) is 21.2. The lowest BCUT2D eigenvalue weighted by molar-refractivity contribution is 0.336. The Kier molecular flexibility index (Phi) is 5.48. The zero-order valence-electron chi connectivity index (χ0n) is 19.1. The van der Waals surface area contributed by atoms with Crippen molar-refractivity contribution in [2.45, 2.75) is 32.0 Å². The Labute approximate surface area is 201 Å². The highest BCUT2D eigenvalue weighted by molar-refractivity contribution is 7.15. The normalized spacial score (nSPS) is 14.0. The highest BCUT2D eigenvalue weighted by Gasteiger charge is 2.27. The van der Waals surface area contributed by atoms with E-state index in [-0.39, 0.29) is 0 Å². The quantitative estimate of drug-likeness (QED) is 0.338. The van der Waals surface area contributed by atoms with Crippen LogP contribution in [0.4, 0.5) is 5.82 Å². The number of anilines is 1. The van der Waals surface area contributed by atoms with Crippen molar-refractivity contribution in [2.75, 3.05) is 25.5 Å². The predicted octanol–water partition coefficient (Wildman–Crippen LogP) is 3.54. The van der Waals surface area contributed by atoms with Crippen molar-refractivity contribution in [3.63, 3.8) is 0 Å². The van der Waals surface area contributed by atoms with Crippen LogP contribution in [0.15, 0.2) is 48.2 Å². The number of imidazole rings is 1. The van der Waals surface area contributed by atoms with Gasteiger partial charge < -0.3 is 16.0 Å². The number of nitrogens with two attached hydrogens (primary N) is 1. The second-order valence-electron chi connectivity index (χ2n) is 8.86. The maximum atomic E-state index is 5.71. The van der Waals surface area contributed by atoms with Gasteiger partial charge in [0.25, 0.3) is 0 Å². The van der Waals surface area contributed by atoms with Crippen LogP contribution in [0.1, 0.15) is 30.1 Å². The molecule has 0 saturated heterocycles. The summed E-state index contributed by atoms with van der Waals surface area (Å²) < 4.78 is 4.10.